The number of hydrogen-bond donors (Lipinski definition) is 1. The Morgan fingerprint density at radius 3 is 2.50 bits per heavy atom. The minimum Gasteiger partial charge on any atom is -0.328 e. The summed E-state index contributed by atoms with van der Waals surface area (Å²) in [5, 5.41) is 0. The molecule has 0 radical (unpaired) electrons. The zero-order chi connectivity index (χ0) is 10.6. The molecule has 3 heteroatoms. The first-order chi connectivity index (χ1) is 6.58. The van der Waals surface area contributed by atoms with Crippen LogP contribution in [0.15, 0.2) is 24.3 Å². The van der Waals surface area contributed by atoms with E-state index in [4.69, 9.17) is 5.73 Å². The van der Waals surface area contributed by atoms with Gasteiger partial charge in [0.1, 0.15) is 11.6 Å². The van der Waals surface area contributed by atoms with E-state index in [0.29, 0.717) is 12.8 Å². The van der Waals surface area contributed by atoms with Gasteiger partial charge in [0.25, 0.3) is 0 Å². The van der Waals surface area contributed by atoms with E-state index in [0.717, 1.165) is 5.56 Å². The number of benzene rings is 1. The van der Waals surface area contributed by atoms with Gasteiger partial charge in [0, 0.05) is 18.9 Å². The average Bonchev–Trinajstić information content (AvgIpc) is 2.07. The Hall–Kier alpha value is -1.22. The van der Waals surface area contributed by atoms with Gasteiger partial charge in [-0.2, -0.15) is 0 Å². The van der Waals surface area contributed by atoms with Crippen LogP contribution in [-0.2, 0) is 11.2 Å². The lowest BCUT2D eigenvalue weighted by Gasteiger charge is -2.03. The molecule has 1 rings (SSSR count). The maximum atomic E-state index is 12.5. The Bertz CT molecular complexity index is 306. The normalized spacial score (nSPS) is 12.5. The summed E-state index contributed by atoms with van der Waals surface area (Å²) in [6, 6.07) is 5.84. The Morgan fingerprint density at radius 1 is 1.43 bits per heavy atom. The van der Waals surface area contributed by atoms with E-state index in [-0.39, 0.29) is 17.6 Å². The van der Waals surface area contributed by atoms with Crippen LogP contribution < -0.4 is 5.73 Å². The fourth-order valence-corrected chi connectivity index (χ4v) is 1.26. The first kappa shape index (κ1) is 10.9. The number of ketones is 1. The van der Waals surface area contributed by atoms with Crippen LogP contribution in [-0.4, -0.2) is 11.8 Å². The maximum Gasteiger partial charge on any atom is 0.138 e. The van der Waals surface area contributed by atoms with Crippen molar-refractivity contribution < 1.29 is 9.18 Å². The van der Waals surface area contributed by atoms with E-state index >= 15 is 0 Å². The van der Waals surface area contributed by atoms with E-state index < -0.39 is 0 Å². The Morgan fingerprint density at radius 2 is 2.00 bits per heavy atom. The smallest absolute Gasteiger partial charge is 0.138 e. The number of carbonyl (C=O) groups excluding carboxylic acids is 1. The molecule has 0 spiro atoms. The molecule has 0 aliphatic carbocycles. The highest BCUT2D eigenvalue weighted by Crippen LogP contribution is 2.05. The highest BCUT2D eigenvalue weighted by atomic mass is 19.1. The second-order valence-electron chi connectivity index (χ2n) is 3.52. The molecule has 0 amide bonds. The van der Waals surface area contributed by atoms with Crippen molar-refractivity contribution >= 4 is 5.78 Å². The van der Waals surface area contributed by atoms with Crippen LogP contribution in [0.3, 0.4) is 0 Å². The molecular formula is C11H14FNO. The van der Waals surface area contributed by atoms with Gasteiger partial charge in [0.15, 0.2) is 0 Å². The van der Waals surface area contributed by atoms with Crippen molar-refractivity contribution in [3.63, 3.8) is 0 Å². The van der Waals surface area contributed by atoms with Crippen molar-refractivity contribution in [2.75, 3.05) is 0 Å². The van der Waals surface area contributed by atoms with Crippen LogP contribution in [0.2, 0.25) is 0 Å². The summed E-state index contributed by atoms with van der Waals surface area (Å²) < 4.78 is 12.5. The highest BCUT2D eigenvalue weighted by molar-refractivity contribution is 5.81. The zero-order valence-electron chi connectivity index (χ0n) is 8.16. The number of Topliss-reactive ketones (excluding diaryl/α,β-unsaturated/α-hetero) is 1. The van der Waals surface area contributed by atoms with E-state index in [1.165, 1.54) is 12.1 Å². The van der Waals surface area contributed by atoms with Crippen molar-refractivity contribution in [3.8, 4) is 0 Å². The van der Waals surface area contributed by atoms with Crippen LogP contribution >= 0.6 is 0 Å². The van der Waals surface area contributed by atoms with Gasteiger partial charge in [0.2, 0.25) is 0 Å². The van der Waals surface area contributed by atoms with Gasteiger partial charge in [-0.05, 0) is 24.6 Å². The second kappa shape index (κ2) is 4.86. The van der Waals surface area contributed by atoms with Gasteiger partial charge < -0.3 is 5.73 Å². The van der Waals surface area contributed by atoms with E-state index in [1.54, 1.807) is 19.1 Å². The standard InChI is InChI=1S/C11H14FNO/c1-8(13)6-11(14)7-9-2-4-10(12)5-3-9/h2-5,8H,6-7,13H2,1H3. The topological polar surface area (TPSA) is 43.1 Å². The lowest BCUT2D eigenvalue weighted by atomic mass is 10.0. The monoisotopic (exact) mass is 195 g/mol. The third kappa shape index (κ3) is 3.66. The van der Waals surface area contributed by atoms with Crippen LogP contribution in [0.5, 0.6) is 0 Å². The SMILES string of the molecule is CC(N)CC(=O)Cc1ccc(F)cc1. The van der Waals surface area contributed by atoms with E-state index in [2.05, 4.69) is 0 Å². The summed E-state index contributed by atoms with van der Waals surface area (Å²) in [4.78, 5) is 11.3. The quantitative estimate of drug-likeness (QED) is 0.794. The Kier molecular flexibility index (Phi) is 3.77. The molecule has 76 valence electrons. The molecule has 0 aliphatic heterocycles. The van der Waals surface area contributed by atoms with Crippen LogP contribution in [0.25, 0.3) is 0 Å². The Balaban J connectivity index is 2.52. The molecule has 14 heavy (non-hydrogen) atoms. The zero-order valence-corrected chi connectivity index (χ0v) is 8.16. The van der Waals surface area contributed by atoms with Crippen molar-refractivity contribution in [2.45, 2.75) is 25.8 Å². The van der Waals surface area contributed by atoms with Gasteiger partial charge >= 0.3 is 0 Å². The minimum atomic E-state index is -0.284. The summed E-state index contributed by atoms with van der Waals surface area (Å²) >= 11 is 0. The minimum absolute atomic E-state index is 0.0895. The molecule has 0 heterocycles. The molecule has 2 nitrogen and oxygen atoms in total. The van der Waals surface area contributed by atoms with Gasteiger partial charge in [-0.15, -0.1) is 0 Å². The highest BCUT2D eigenvalue weighted by Gasteiger charge is 2.06. The Labute approximate surface area is 82.9 Å². The summed E-state index contributed by atoms with van der Waals surface area (Å²) in [6.45, 7) is 1.79. The van der Waals surface area contributed by atoms with Gasteiger partial charge in [0.05, 0.1) is 0 Å². The number of halogens is 1. The van der Waals surface area contributed by atoms with Gasteiger partial charge in [-0.1, -0.05) is 12.1 Å². The maximum absolute atomic E-state index is 12.5. The molecule has 2 N–H and O–H groups in total. The molecule has 0 aliphatic rings. The van der Waals surface area contributed by atoms with Crippen LogP contribution in [0.4, 0.5) is 4.39 Å². The predicted molar refractivity (Wildman–Crippen MR) is 53.4 cm³/mol. The third-order valence-corrected chi connectivity index (χ3v) is 1.86. The number of hydrogen-bond acceptors (Lipinski definition) is 2. The third-order valence-electron chi connectivity index (χ3n) is 1.86. The first-order valence-corrected chi connectivity index (χ1v) is 4.59. The molecule has 0 aromatic heterocycles. The van der Waals surface area contributed by atoms with Crippen LogP contribution in [0, 0.1) is 5.82 Å². The molecule has 1 atom stereocenters. The van der Waals surface area contributed by atoms with Crippen molar-refractivity contribution in [3.05, 3.63) is 35.6 Å². The van der Waals surface area contributed by atoms with Crippen molar-refractivity contribution in [1.82, 2.24) is 0 Å². The summed E-state index contributed by atoms with van der Waals surface area (Å²) in [6.07, 6.45) is 0.708. The van der Waals surface area contributed by atoms with Crippen LogP contribution in [0.1, 0.15) is 18.9 Å². The first-order valence-electron chi connectivity index (χ1n) is 4.59. The molecule has 0 saturated heterocycles. The van der Waals surface area contributed by atoms with Gasteiger partial charge in [-0.3, -0.25) is 4.79 Å². The molecule has 1 aromatic rings. The number of carbonyl (C=O) groups is 1. The molecule has 1 unspecified atom stereocenters. The average molecular weight is 195 g/mol. The number of rotatable bonds is 4. The fourth-order valence-electron chi connectivity index (χ4n) is 1.26. The number of nitrogens with two attached hydrogens (primary N) is 1. The lowest BCUT2D eigenvalue weighted by Crippen LogP contribution is -2.20. The molecule has 0 fully saturated rings. The van der Waals surface area contributed by atoms with E-state index in [9.17, 15) is 9.18 Å². The molecule has 0 bridgehead atoms. The largest absolute Gasteiger partial charge is 0.328 e. The summed E-state index contributed by atoms with van der Waals surface area (Å²) in [5.41, 5.74) is 6.32. The fraction of sp³-hybridized carbons (Fsp3) is 0.364. The summed E-state index contributed by atoms with van der Waals surface area (Å²) in [5.74, 6) is -0.194. The molecule has 0 saturated carbocycles. The predicted octanol–water partition coefficient (Wildman–Crippen LogP) is 1.67. The van der Waals surface area contributed by atoms with Crippen molar-refractivity contribution in [2.24, 2.45) is 5.73 Å². The molecule has 1 aromatic carbocycles. The second-order valence-corrected chi connectivity index (χ2v) is 3.52. The lowest BCUT2D eigenvalue weighted by molar-refractivity contribution is -0.118. The van der Waals surface area contributed by atoms with Crippen molar-refractivity contribution in [1.29, 1.82) is 0 Å². The van der Waals surface area contributed by atoms with Gasteiger partial charge in [-0.25, -0.2) is 4.39 Å². The molecular weight excluding hydrogens is 181 g/mol. The summed E-state index contributed by atoms with van der Waals surface area (Å²) in [7, 11) is 0. The van der Waals surface area contributed by atoms with E-state index in [1.807, 2.05) is 0 Å².